The van der Waals surface area contributed by atoms with E-state index in [0.29, 0.717) is 0 Å². The summed E-state index contributed by atoms with van der Waals surface area (Å²) < 4.78 is 0. The largest absolute Gasteiger partial charge is 0.321 e. The fourth-order valence-electron chi connectivity index (χ4n) is 2.48. The van der Waals surface area contributed by atoms with Gasteiger partial charge >= 0.3 is 0 Å². The molecule has 1 saturated carbocycles. The molecule has 0 saturated heterocycles. The van der Waals surface area contributed by atoms with Crippen molar-refractivity contribution in [2.24, 2.45) is 5.73 Å². The van der Waals surface area contributed by atoms with Crippen molar-refractivity contribution in [3.8, 4) is 0 Å². The maximum Gasteiger partial charge on any atom is 0.0412 e. The Hall–Kier alpha value is -0.820. The van der Waals surface area contributed by atoms with Gasteiger partial charge in [0.15, 0.2) is 0 Å². The molecule has 1 aliphatic rings. The Morgan fingerprint density at radius 2 is 1.93 bits per heavy atom. The molecule has 1 aromatic carbocycles. The molecule has 1 aliphatic carbocycles. The lowest BCUT2D eigenvalue weighted by Gasteiger charge is -2.40. The van der Waals surface area contributed by atoms with Crippen LogP contribution in [0.1, 0.15) is 48.4 Å². The van der Waals surface area contributed by atoms with Crippen molar-refractivity contribution in [3.05, 3.63) is 34.4 Å². The first-order chi connectivity index (χ1) is 7.07. The average Bonchev–Trinajstić information content (AvgIpc) is 2.18. The molecule has 2 rings (SSSR count). The van der Waals surface area contributed by atoms with Crippen molar-refractivity contribution in [2.45, 2.75) is 52.0 Å². The first-order valence-corrected chi connectivity index (χ1v) is 5.96. The minimum atomic E-state index is -0.0139. The van der Waals surface area contributed by atoms with Crippen LogP contribution in [-0.4, -0.2) is 0 Å². The Morgan fingerprint density at radius 3 is 2.40 bits per heavy atom. The molecule has 0 amide bonds. The third kappa shape index (κ3) is 1.69. The van der Waals surface area contributed by atoms with E-state index in [2.05, 4.69) is 32.9 Å². The number of nitrogens with two attached hydrogens (primary N) is 1. The number of aryl methyl sites for hydroxylation is 2. The number of rotatable bonds is 2. The first kappa shape index (κ1) is 10.7. The zero-order valence-electron chi connectivity index (χ0n) is 10.1. The predicted molar refractivity (Wildman–Crippen MR) is 65.0 cm³/mol. The van der Waals surface area contributed by atoms with Crippen molar-refractivity contribution in [3.63, 3.8) is 0 Å². The zero-order chi connectivity index (χ0) is 11.1. The highest BCUT2D eigenvalue weighted by Gasteiger charge is 2.35. The van der Waals surface area contributed by atoms with E-state index in [4.69, 9.17) is 5.73 Å². The highest BCUT2D eigenvalue weighted by atomic mass is 14.8. The summed E-state index contributed by atoms with van der Waals surface area (Å²) in [6.45, 7) is 6.61. The Bertz CT molecular complexity index is 375. The van der Waals surface area contributed by atoms with Crippen LogP contribution in [-0.2, 0) is 12.0 Å². The van der Waals surface area contributed by atoms with E-state index in [-0.39, 0.29) is 5.54 Å². The maximum absolute atomic E-state index is 6.42. The summed E-state index contributed by atoms with van der Waals surface area (Å²) in [6.07, 6.45) is 4.69. The van der Waals surface area contributed by atoms with E-state index in [1.165, 1.54) is 28.7 Å². The summed E-state index contributed by atoms with van der Waals surface area (Å²) in [5, 5.41) is 0. The van der Waals surface area contributed by atoms with Gasteiger partial charge in [-0.05, 0) is 61.8 Å². The molecule has 0 radical (unpaired) electrons. The summed E-state index contributed by atoms with van der Waals surface area (Å²) in [5.41, 5.74) is 12.0. The van der Waals surface area contributed by atoms with Gasteiger partial charge in [0.25, 0.3) is 0 Å². The predicted octanol–water partition coefficient (Wildman–Crippen LogP) is 3.20. The zero-order valence-corrected chi connectivity index (χ0v) is 10.1. The summed E-state index contributed by atoms with van der Waals surface area (Å²) in [6, 6.07) is 4.61. The summed E-state index contributed by atoms with van der Waals surface area (Å²) in [5.74, 6) is 0. The SMILES string of the molecule is CCc1cc(C)c(C)c(C2(N)CCC2)c1. The molecular formula is C14H21N. The number of benzene rings is 1. The summed E-state index contributed by atoms with van der Waals surface area (Å²) in [7, 11) is 0. The normalized spacial score (nSPS) is 18.7. The number of hydrogen-bond donors (Lipinski definition) is 1. The molecule has 0 unspecified atom stereocenters. The maximum atomic E-state index is 6.42. The highest BCUT2D eigenvalue weighted by molar-refractivity contribution is 5.42. The second-order valence-electron chi connectivity index (χ2n) is 4.95. The molecule has 2 N–H and O–H groups in total. The van der Waals surface area contributed by atoms with Gasteiger partial charge in [0.05, 0.1) is 0 Å². The molecular weight excluding hydrogens is 182 g/mol. The van der Waals surface area contributed by atoms with Gasteiger partial charge in [0.2, 0.25) is 0 Å². The molecule has 0 atom stereocenters. The van der Waals surface area contributed by atoms with Crippen LogP contribution in [0.2, 0.25) is 0 Å². The Balaban J connectivity index is 2.49. The van der Waals surface area contributed by atoms with Crippen molar-refractivity contribution >= 4 is 0 Å². The molecule has 0 aromatic heterocycles. The van der Waals surface area contributed by atoms with Crippen molar-refractivity contribution in [1.82, 2.24) is 0 Å². The summed E-state index contributed by atoms with van der Waals surface area (Å²) in [4.78, 5) is 0. The topological polar surface area (TPSA) is 26.0 Å². The van der Waals surface area contributed by atoms with Gasteiger partial charge in [-0.2, -0.15) is 0 Å². The van der Waals surface area contributed by atoms with Crippen LogP contribution in [0.5, 0.6) is 0 Å². The smallest absolute Gasteiger partial charge is 0.0412 e. The van der Waals surface area contributed by atoms with Crippen LogP contribution < -0.4 is 5.73 Å². The molecule has 1 nitrogen and oxygen atoms in total. The van der Waals surface area contributed by atoms with Crippen molar-refractivity contribution in [2.75, 3.05) is 0 Å². The fourth-order valence-corrected chi connectivity index (χ4v) is 2.48. The molecule has 82 valence electrons. The van der Waals surface area contributed by atoms with Crippen LogP contribution in [0.15, 0.2) is 12.1 Å². The van der Waals surface area contributed by atoms with E-state index in [0.717, 1.165) is 19.3 Å². The quantitative estimate of drug-likeness (QED) is 0.784. The van der Waals surface area contributed by atoms with Gasteiger partial charge in [-0.25, -0.2) is 0 Å². The van der Waals surface area contributed by atoms with Gasteiger partial charge in [-0.15, -0.1) is 0 Å². The Labute approximate surface area is 92.7 Å². The van der Waals surface area contributed by atoms with E-state index in [9.17, 15) is 0 Å². The molecule has 0 spiro atoms. The van der Waals surface area contributed by atoms with E-state index < -0.39 is 0 Å². The van der Waals surface area contributed by atoms with Gasteiger partial charge < -0.3 is 5.73 Å². The molecule has 1 aromatic rings. The molecule has 0 aliphatic heterocycles. The standard InChI is InChI=1S/C14H21N/c1-4-12-8-10(2)11(3)13(9-12)14(15)6-5-7-14/h8-9H,4-7,15H2,1-3H3. The fraction of sp³-hybridized carbons (Fsp3) is 0.571. The number of hydrogen-bond acceptors (Lipinski definition) is 1. The van der Waals surface area contributed by atoms with Crippen LogP contribution >= 0.6 is 0 Å². The van der Waals surface area contributed by atoms with Gasteiger partial charge in [-0.3, -0.25) is 0 Å². The average molecular weight is 203 g/mol. The van der Waals surface area contributed by atoms with Gasteiger partial charge in [0.1, 0.15) is 0 Å². The summed E-state index contributed by atoms with van der Waals surface area (Å²) >= 11 is 0. The lowest BCUT2D eigenvalue weighted by atomic mass is 9.70. The van der Waals surface area contributed by atoms with Crippen molar-refractivity contribution in [1.29, 1.82) is 0 Å². The van der Waals surface area contributed by atoms with Crippen LogP contribution in [0.4, 0.5) is 0 Å². The monoisotopic (exact) mass is 203 g/mol. The highest BCUT2D eigenvalue weighted by Crippen LogP contribution is 2.41. The molecule has 0 bridgehead atoms. The van der Waals surface area contributed by atoms with Crippen molar-refractivity contribution < 1.29 is 0 Å². The molecule has 0 heterocycles. The van der Waals surface area contributed by atoms with Gasteiger partial charge in [0, 0.05) is 5.54 Å². The lowest BCUT2D eigenvalue weighted by Crippen LogP contribution is -2.44. The van der Waals surface area contributed by atoms with E-state index in [1.54, 1.807) is 0 Å². The minimum absolute atomic E-state index is 0.0139. The Kier molecular flexibility index (Phi) is 2.59. The molecule has 1 heteroatoms. The third-order valence-electron chi connectivity index (χ3n) is 3.92. The van der Waals surface area contributed by atoms with Crippen LogP contribution in [0.3, 0.4) is 0 Å². The lowest BCUT2D eigenvalue weighted by molar-refractivity contribution is 0.252. The molecule has 1 fully saturated rings. The van der Waals surface area contributed by atoms with Crippen LogP contribution in [0.25, 0.3) is 0 Å². The second-order valence-corrected chi connectivity index (χ2v) is 4.95. The van der Waals surface area contributed by atoms with E-state index >= 15 is 0 Å². The molecule has 15 heavy (non-hydrogen) atoms. The van der Waals surface area contributed by atoms with Gasteiger partial charge in [-0.1, -0.05) is 19.1 Å². The third-order valence-corrected chi connectivity index (χ3v) is 3.92. The minimum Gasteiger partial charge on any atom is -0.321 e. The van der Waals surface area contributed by atoms with Crippen LogP contribution in [0, 0.1) is 13.8 Å². The Morgan fingerprint density at radius 1 is 1.27 bits per heavy atom. The second kappa shape index (κ2) is 3.64. The van der Waals surface area contributed by atoms with E-state index in [1.807, 2.05) is 0 Å². The first-order valence-electron chi connectivity index (χ1n) is 5.96.